The maximum atomic E-state index is 13.5. The van der Waals surface area contributed by atoms with E-state index in [1.807, 2.05) is 103 Å². The number of methoxy groups -OCH3 is 2. The first-order valence-corrected chi connectivity index (χ1v) is 23.2. The lowest BCUT2D eigenvalue weighted by molar-refractivity contribution is 0.000117. The molecule has 0 aromatic heterocycles. The highest BCUT2D eigenvalue weighted by atomic mass is 31.2. The highest BCUT2D eigenvalue weighted by Crippen LogP contribution is 2.48. The van der Waals surface area contributed by atoms with Crippen LogP contribution in [-0.4, -0.2) is 50.3 Å². The van der Waals surface area contributed by atoms with Crippen LogP contribution in [0.5, 0.6) is 11.5 Å². The molecule has 0 spiro atoms. The summed E-state index contributed by atoms with van der Waals surface area (Å²) in [6, 6.07) is 51.3. The zero-order valence-corrected chi connectivity index (χ0v) is 38.9. The molecule has 0 bridgehead atoms. The van der Waals surface area contributed by atoms with Gasteiger partial charge in [-0.25, -0.2) is 9.46 Å². The van der Waals surface area contributed by atoms with Gasteiger partial charge in [-0.05, 0) is 108 Å². The van der Waals surface area contributed by atoms with E-state index in [1.54, 1.807) is 14.2 Å². The van der Waals surface area contributed by atoms with E-state index < -0.39 is 20.2 Å². The first kappa shape index (κ1) is 46.9. The Bertz CT molecular complexity index is 2420. The summed E-state index contributed by atoms with van der Waals surface area (Å²) in [6.45, 7) is 9.54. The molecule has 1 unspecified atom stereocenters. The van der Waals surface area contributed by atoms with Crippen molar-refractivity contribution in [1.29, 1.82) is 5.26 Å². The molecule has 1 aliphatic carbocycles. The van der Waals surface area contributed by atoms with E-state index in [4.69, 9.17) is 28.0 Å². The van der Waals surface area contributed by atoms with Gasteiger partial charge >= 0.3 is 6.09 Å². The van der Waals surface area contributed by atoms with E-state index in [0.29, 0.717) is 0 Å². The predicted octanol–water partition coefficient (Wildman–Crippen LogP) is 12.0. The zero-order chi connectivity index (χ0) is 45.8. The van der Waals surface area contributed by atoms with Crippen LogP contribution in [0.4, 0.5) is 4.79 Å². The van der Waals surface area contributed by atoms with Gasteiger partial charge in [0.05, 0.1) is 46.5 Å². The largest absolute Gasteiger partial charge is 0.497 e. The van der Waals surface area contributed by atoms with Gasteiger partial charge in [0.1, 0.15) is 23.7 Å². The Hall–Kier alpha value is -6.05. The average molecular weight is 892 g/mol. The van der Waals surface area contributed by atoms with Crippen molar-refractivity contribution in [2.24, 2.45) is 0 Å². The summed E-state index contributed by atoms with van der Waals surface area (Å²) in [5.74, 6) is 1.41. The Morgan fingerprint density at radius 3 is 1.72 bits per heavy atom. The molecule has 6 aromatic carbocycles. The lowest BCUT2D eigenvalue weighted by atomic mass is 9.80. The van der Waals surface area contributed by atoms with Gasteiger partial charge in [-0.1, -0.05) is 121 Å². The highest BCUT2D eigenvalue weighted by Gasteiger charge is 2.38. The fourth-order valence-electron chi connectivity index (χ4n) is 8.64. The molecular formula is C54H58N3O7P. The molecule has 0 saturated heterocycles. The Balaban J connectivity index is 1.19. The number of carbonyl (C=O) groups excluding carboxylic acids is 1. The second-order valence-corrected chi connectivity index (χ2v) is 17.9. The first-order valence-electron chi connectivity index (χ1n) is 22.0. The van der Waals surface area contributed by atoms with Crippen LogP contribution in [0, 0.1) is 11.3 Å². The molecule has 7 rings (SSSR count). The molecule has 65 heavy (non-hydrogen) atoms. The molecular weight excluding hydrogens is 834 g/mol. The monoisotopic (exact) mass is 891 g/mol. The van der Waals surface area contributed by atoms with Crippen LogP contribution < -0.4 is 14.8 Å². The number of hydrogen-bond donors (Lipinski definition) is 1. The van der Waals surface area contributed by atoms with Gasteiger partial charge in [0.15, 0.2) is 0 Å². The molecule has 1 atom stereocenters. The Morgan fingerprint density at radius 2 is 1.18 bits per heavy atom. The van der Waals surface area contributed by atoms with Gasteiger partial charge < -0.3 is 33.3 Å². The fourth-order valence-corrected chi connectivity index (χ4v) is 10.2. The van der Waals surface area contributed by atoms with E-state index in [-0.39, 0.29) is 57.4 Å². The van der Waals surface area contributed by atoms with Gasteiger partial charge in [-0.15, -0.1) is 0 Å². The van der Waals surface area contributed by atoms with Crippen LogP contribution in [0.3, 0.4) is 0 Å². The van der Waals surface area contributed by atoms with Crippen molar-refractivity contribution in [2.45, 2.75) is 77.5 Å². The molecule has 0 heterocycles. The van der Waals surface area contributed by atoms with Gasteiger partial charge in [0, 0.05) is 24.5 Å². The highest BCUT2D eigenvalue weighted by molar-refractivity contribution is 7.44. The van der Waals surface area contributed by atoms with E-state index in [0.717, 1.165) is 56.0 Å². The van der Waals surface area contributed by atoms with E-state index >= 15 is 0 Å². The Labute approximate surface area is 385 Å². The lowest BCUT2D eigenvalue weighted by Gasteiger charge is -2.36. The number of fused-ring (bicyclic) bond motifs is 3. The second-order valence-electron chi connectivity index (χ2n) is 16.4. The summed E-state index contributed by atoms with van der Waals surface area (Å²) in [7, 11) is 1.80. The predicted molar refractivity (Wildman–Crippen MR) is 255 cm³/mol. The number of alkyl carbamates (subject to hydrolysis) is 1. The number of amides is 1. The Morgan fingerprint density at radius 1 is 0.677 bits per heavy atom. The molecule has 0 fully saturated rings. The van der Waals surface area contributed by atoms with E-state index in [1.165, 1.54) is 11.1 Å². The van der Waals surface area contributed by atoms with Crippen molar-refractivity contribution < 1.29 is 32.8 Å². The Kier molecular flexibility index (Phi) is 16.0. The first-order chi connectivity index (χ1) is 31.6. The van der Waals surface area contributed by atoms with E-state index in [2.05, 4.69) is 86.2 Å². The number of carbonyl (C=O) groups is 1. The summed E-state index contributed by atoms with van der Waals surface area (Å²) in [5.41, 5.74) is 8.95. The number of nitrogens with zero attached hydrogens (tertiary/aromatic N) is 2. The molecule has 0 radical (unpaired) electrons. The van der Waals surface area contributed by atoms with Crippen molar-refractivity contribution in [1.82, 2.24) is 9.99 Å². The number of benzene rings is 6. The SMILES string of the molecule is COc1ccc(C(OCc2cc(CNC(=O)OCC3c4ccccc4-c4ccccc43)cc(COP(OCCC#N)N(C(C)C)C(C)C)c2)(c2ccccc2)c2ccc(OC)cc2)cc1. The van der Waals surface area contributed by atoms with Crippen LogP contribution >= 0.6 is 8.53 Å². The topological polar surface area (TPSA) is 112 Å². The number of nitriles is 1. The minimum absolute atomic E-state index is 0.0554. The zero-order valence-electron chi connectivity index (χ0n) is 38.0. The fraction of sp³-hybridized carbons (Fsp3) is 0.296. The molecule has 11 heteroatoms. The molecule has 0 saturated carbocycles. The summed E-state index contributed by atoms with van der Waals surface area (Å²) >= 11 is 0. The van der Waals surface area contributed by atoms with Crippen molar-refractivity contribution in [3.05, 3.63) is 190 Å². The van der Waals surface area contributed by atoms with Crippen LogP contribution in [0.15, 0.2) is 146 Å². The summed E-state index contributed by atoms with van der Waals surface area (Å²) < 4.78 is 39.4. The normalized spacial score (nSPS) is 12.7. The molecule has 1 aliphatic rings. The molecule has 1 N–H and O–H groups in total. The minimum Gasteiger partial charge on any atom is -0.497 e. The maximum Gasteiger partial charge on any atom is 0.407 e. The summed E-state index contributed by atoms with van der Waals surface area (Å²) in [6.07, 6.45) is -0.247. The van der Waals surface area contributed by atoms with Crippen molar-refractivity contribution >= 4 is 14.6 Å². The molecule has 10 nitrogen and oxygen atoms in total. The number of nitrogens with one attached hydrogen (secondary N) is 1. The van der Waals surface area contributed by atoms with Crippen molar-refractivity contribution in [2.75, 3.05) is 27.4 Å². The van der Waals surface area contributed by atoms with Crippen molar-refractivity contribution in [3.63, 3.8) is 0 Å². The summed E-state index contributed by atoms with van der Waals surface area (Å²) in [4.78, 5) is 13.5. The lowest BCUT2D eigenvalue weighted by Crippen LogP contribution is -2.33. The molecule has 6 aromatic rings. The van der Waals surface area contributed by atoms with Crippen molar-refractivity contribution in [3.8, 4) is 28.7 Å². The standard InChI is InChI=1S/C54H58N3O7P/c1-38(2)57(39(3)4)65(63-30-14-29-55)64-36-42-32-40(34-56-53(58)61-37-52-50-19-12-10-17-48(50)49-18-11-13-20-51(49)52)31-41(33-42)35-62-54(43-15-8-7-9-16-43,44-21-25-46(59-5)26-22-44)45-23-27-47(60-6)28-24-45/h7-13,15-28,31-33,38-39,52H,14,30,34-37H2,1-6H3,(H,56,58). The maximum absolute atomic E-state index is 13.5. The average Bonchev–Trinajstić information content (AvgIpc) is 3.65. The van der Waals surface area contributed by atoms with Gasteiger partial charge in [0.2, 0.25) is 0 Å². The third-order valence-electron chi connectivity index (χ3n) is 11.5. The van der Waals surface area contributed by atoms with Crippen LogP contribution in [0.1, 0.15) is 84.5 Å². The van der Waals surface area contributed by atoms with Crippen LogP contribution in [0.2, 0.25) is 0 Å². The quantitative estimate of drug-likeness (QED) is 0.0429. The molecule has 336 valence electrons. The van der Waals surface area contributed by atoms with E-state index in [9.17, 15) is 10.1 Å². The molecule has 1 amide bonds. The summed E-state index contributed by atoms with van der Waals surface area (Å²) in [5, 5.41) is 12.3. The van der Waals surface area contributed by atoms with Gasteiger partial charge in [0.25, 0.3) is 8.53 Å². The third-order valence-corrected chi connectivity index (χ3v) is 13.6. The number of hydrogen-bond acceptors (Lipinski definition) is 9. The van der Waals surface area contributed by atoms with Gasteiger partial charge in [-0.2, -0.15) is 5.26 Å². The second kappa shape index (κ2) is 22.2. The minimum atomic E-state index is -1.51. The van der Waals surface area contributed by atoms with Gasteiger partial charge in [-0.3, -0.25) is 0 Å². The van der Waals surface area contributed by atoms with Crippen LogP contribution in [-0.2, 0) is 43.9 Å². The number of ether oxygens (including phenoxy) is 4. The number of rotatable bonds is 21. The van der Waals surface area contributed by atoms with Crippen LogP contribution in [0.25, 0.3) is 11.1 Å². The smallest absolute Gasteiger partial charge is 0.407 e. The molecule has 0 aliphatic heterocycles. The third kappa shape index (κ3) is 11.1.